The third-order valence-electron chi connectivity index (χ3n) is 1.98. The zero-order valence-corrected chi connectivity index (χ0v) is 9.83. The molecule has 0 atom stereocenters. The van der Waals surface area contributed by atoms with Gasteiger partial charge in [-0.15, -0.1) is 0 Å². The van der Waals surface area contributed by atoms with Crippen LogP contribution in [0.1, 0.15) is 5.56 Å². The Morgan fingerprint density at radius 1 is 1.59 bits per heavy atom. The summed E-state index contributed by atoms with van der Waals surface area (Å²) in [7, 11) is 0. The maximum absolute atomic E-state index is 10.9. The van der Waals surface area contributed by atoms with E-state index in [-0.39, 0.29) is 17.1 Å². The summed E-state index contributed by atoms with van der Waals surface area (Å²) in [6.45, 7) is 0. The second kappa shape index (κ2) is 4.31. The predicted molar refractivity (Wildman–Crippen MR) is 60.4 cm³/mol. The molecule has 0 saturated heterocycles. The lowest BCUT2D eigenvalue weighted by molar-refractivity contribution is -0.385. The minimum absolute atomic E-state index is 0.0137. The van der Waals surface area contributed by atoms with Crippen molar-refractivity contribution in [1.29, 1.82) is 5.26 Å². The van der Waals surface area contributed by atoms with Crippen LogP contribution < -0.4 is 0 Å². The molecular weight excluding hydrogens is 290 g/mol. The monoisotopic (exact) mass is 293 g/mol. The molecule has 0 radical (unpaired) electrons. The van der Waals surface area contributed by atoms with Gasteiger partial charge in [-0.25, -0.2) is 9.67 Å². The summed E-state index contributed by atoms with van der Waals surface area (Å²) >= 11 is 3.18. The molecule has 0 saturated carbocycles. The Morgan fingerprint density at radius 2 is 2.35 bits per heavy atom. The standard InChI is InChI=1S/C9H4BrN5O2/c10-7-4-13-14(5-7)9-8(15(16)17)6(3-11)1-2-12-9/h1-2,4-5H. The maximum atomic E-state index is 10.9. The van der Waals surface area contributed by atoms with Crippen molar-refractivity contribution in [3.63, 3.8) is 0 Å². The van der Waals surface area contributed by atoms with Gasteiger partial charge in [0.05, 0.1) is 15.6 Å². The molecule has 0 aliphatic carbocycles. The van der Waals surface area contributed by atoms with Gasteiger partial charge in [0, 0.05) is 12.4 Å². The van der Waals surface area contributed by atoms with Gasteiger partial charge in [-0.3, -0.25) is 10.1 Å². The number of nitrogens with zero attached hydrogens (tertiary/aromatic N) is 5. The first-order valence-corrected chi connectivity index (χ1v) is 5.17. The van der Waals surface area contributed by atoms with E-state index in [1.165, 1.54) is 29.3 Å². The summed E-state index contributed by atoms with van der Waals surface area (Å²) in [5, 5.41) is 23.7. The van der Waals surface area contributed by atoms with Crippen LogP contribution in [0.5, 0.6) is 0 Å². The highest BCUT2D eigenvalue weighted by Crippen LogP contribution is 2.24. The summed E-state index contributed by atoms with van der Waals surface area (Å²) in [5.74, 6) is 0.0137. The summed E-state index contributed by atoms with van der Waals surface area (Å²) in [6, 6.07) is 3.05. The summed E-state index contributed by atoms with van der Waals surface area (Å²) in [6.07, 6.45) is 4.33. The summed E-state index contributed by atoms with van der Waals surface area (Å²) in [5.41, 5.74) is -0.405. The Morgan fingerprint density at radius 3 is 2.88 bits per heavy atom. The van der Waals surface area contributed by atoms with E-state index in [0.717, 1.165) is 0 Å². The Labute approximate surface area is 104 Å². The molecule has 2 rings (SSSR count). The van der Waals surface area contributed by atoms with E-state index in [1.807, 2.05) is 0 Å². The van der Waals surface area contributed by atoms with Crippen LogP contribution in [-0.4, -0.2) is 19.7 Å². The Bertz CT molecular complexity index is 631. The topological polar surface area (TPSA) is 97.6 Å². The van der Waals surface area contributed by atoms with E-state index in [9.17, 15) is 10.1 Å². The first-order valence-electron chi connectivity index (χ1n) is 4.37. The van der Waals surface area contributed by atoms with Crippen molar-refractivity contribution in [3.05, 3.63) is 44.8 Å². The van der Waals surface area contributed by atoms with Gasteiger partial charge in [-0.05, 0) is 22.0 Å². The average Bonchev–Trinajstić information content (AvgIpc) is 2.74. The largest absolute Gasteiger partial charge is 0.331 e. The molecule has 7 nitrogen and oxygen atoms in total. The molecule has 0 spiro atoms. The van der Waals surface area contributed by atoms with E-state index in [0.29, 0.717) is 4.47 Å². The Hall–Kier alpha value is -2.27. The minimum Gasteiger partial charge on any atom is -0.258 e. The van der Waals surface area contributed by atoms with Crippen molar-refractivity contribution in [2.24, 2.45) is 0 Å². The lowest BCUT2D eigenvalue weighted by atomic mass is 10.2. The van der Waals surface area contributed by atoms with E-state index < -0.39 is 4.92 Å². The van der Waals surface area contributed by atoms with Gasteiger partial charge in [0.25, 0.3) is 0 Å². The van der Waals surface area contributed by atoms with Gasteiger partial charge < -0.3 is 0 Å². The maximum Gasteiger partial charge on any atom is 0.331 e. The van der Waals surface area contributed by atoms with Crippen molar-refractivity contribution in [2.75, 3.05) is 0 Å². The molecule has 2 aromatic heterocycles. The number of hydrogen-bond donors (Lipinski definition) is 0. The van der Waals surface area contributed by atoms with E-state index in [2.05, 4.69) is 26.0 Å². The molecule has 0 amide bonds. The van der Waals surface area contributed by atoms with Crippen molar-refractivity contribution in [2.45, 2.75) is 0 Å². The number of rotatable bonds is 2. The molecule has 8 heteroatoms. The number of halogens is 1. The van der Waals surface area contributed by atoms with Gasteiger partial charge in [-0.2, -0.15) is 10.4 Å². The second-order valence-corrected chi connectivity index (χ2v) is 3.92. The number of nitriles is 1. The first kappa shape index (κ1) is 11.2. The number of hydrogen-bond acceptors (Lipinski definition) is 5. The van der Waals surface area contributed by atoms with E-state index in [4.69, 9.17) is 5.26 Å². The number of nitro groups is 1. The molecule has 0 aromatic carbocycles. The molecule has 2 aromatic rings. The summed E-state index contributed by atoms with van der Waals surface area (Å²) in [4.78, 5) is 14.2. The first-order chi connectivity index (χ1) is 8.13. The molecule has 17 heavy (non-hydrogen) atoms. The predicted octanol–water partition coefficient (Wildman–Crippen LogP) is 1.81. The third-order valence-corrected chi connectivity index (χ3v) is 2.39. The molecular formula is C9H4BrN5O2. The van der Waals surface area contributed by atoms with Gasteiger partial charge in [-0.1, -0.05) is 0 Å². The van der Waals surface area contributed by atoms with E-state index in [1.54, 1.807) is 6.07 Å². The number of pyridine rings is 1. The van der Waals surface area contributed by atoms with E-state index >= 15 is 0 Å². The second-order valence-electron chi connectivity index (χ2n) is 3.00. The summed E-state index contributed by atoms with van der Waals surface area (Å²) < 4.78 is 1.90. The van der Waals surface area contributed by atoms with Crippen molar-refractivity contribution in [3.8, 4) is 11.9 Å². The van der Waals surface area contributed by atoms with Gasteiger partial charge in [0.1, 0.15) is 11.6 Å². The lowest BCUT2D eigenvalue weighted by Gasteiger charge is -2.02. The minimum atomic E-state index is -0.642. The van der Waals surface area contributed by atoms with Crippen LogP contribution in [0, 0.1) is 21.4 Å². The van der Waals surface area contributed by atoms with Crippen molar-refractivity contribution >= 4 is 21.6 Å². The van der Waals surface area contributed by atoms with Gasteiger partial charge in [0.15, 0.2) is 0 Å². The van der Waals surface area contributed by atoms with Crippen molar-refractivity contribution < 1.29 is 4.92 Å². The molecule has 0 fully saturated rings. The number of aromatic nitrogens is 3. The fraction of sp³-hybridized carbons (Fsp3) is 0. The zero-order valence-electron chi connectivity index (χ0n) is 8.24. The highest BCUT2D eigenvalue weighted by molar-refractivity contribution is 9.10. The highest BCUT2D eigenvalue weighted by atomic mass is 79.9. The van der Waals surface area contributed by atoms with Crippen LogP contribution in [0.4, 0.5) is 5.69 Å². The SMILES string of the molecule is N#Cc1ccnc(-n2cc(Br)cn2)c1[N+](=O)[O-]. The highest BCUT2D eigenvalue weighted by Gasteiger charge is 2.22. The molecule has 0 aliphatic rings. The third kappa shape index (κ3) is 2.00. The smallest absolute Gasteiger partial charge is 0.258 e. The van der Waals surface area contributed by atoms with Crippen molar-refractivity contribution in [1.82, 2.24) is 14.8 Å². The zero-order chi connectivity index (χ0) is 12.4. The van der Waals surface area contributed by atoms with Gasteiger partial charge in [0.2, 0.25) is 5.82 Å². The lowest BCUT2D eigenvalue weighted by Crippen LogP contribution is -2.05. The molecule has 2 heterocycles. The molecule has 0 aliphatic heterocycles. The van der Waals surface area contributed by atoms with Crippen LogP contribution in [0.15, 0.2) is 29.1 Å². The normalized spacial score (nSPS) is 9.88. The van der Waals surface area contributed by atoms with Crippen LogP contribution in [0.25, 0.3) is 5.82 Å². The Balaban J connectivity index is 2.70. The molecule has 84 valence electrons. The quantitative estimate of drug-likeness (QED) is 0.621. The fourth-order valence-electron chi connectivity index (χ4n) is 1.30. The molecule has 0 bridgehead atoms. The van der Waals surface area contributed by atoms with Crippen LogP contribution in [0.3, 0.4) is 0 Å². The van der Waals surface area contributed by atoms with Gasteiger partial charge >= 0.3 is 5.69 Å². The van der Waals surface area contributed by atoms with Crippen LogP contribution in [-0.2, 0) is 0 Å². The Kier molecular flexibility index (Phi) is 2.84. The van der Waals surface area contributed by atoms with Crippen LogP contribution >= 0.6 is 15.9 Å². The molecule has 0 unspecified atom stereocenters. The van der Waals surface area contributed by atoms with Crippen LogP contribution in [0.2, 0.25) is 0 Å². The average molecular weight is 294 g/mol. The fourth-order valence-corrected chi connectivity index (χ4v) is 1.58. The molecule has 0 N–H and O–H groups in total.